The molecular formula is C19H22ClN5O2. The third-order valence-electron chi connectivity index (χ3n) is 6.07. The zero-order valence-corrected chi connectivity index (χ0v) is 15.8. The highest BCUT2D eigenvalue weighted by Gasteiger charge is 2.43. The number of aromatic nitrogens is 3. The van der Waals surface area contributed by atoms with Crippen molar-refractivity contribution in [1.82, 2.24) is 24.3 Å². The molecule has 0 unspecified atom stereocenters. The van der Waals surface area contributed by atoms with Crippen molar-refractivity contribution in [2.24, 2.45) is 11.8 Å². The average molecular weight is 388 g/mol. The molecule has 3 aliphatic heterocycles. The molecule has 2 atom stereocenters. The molecule has 2 amide bonds. The van der Waals surface area contributed by atoms with E-state index in [0.29, 0.717) is 54.4 Å². The maximum absolute atomic E-state index is 12.9. The van der Waals surface area contributed by atoms with Crippen LogP contribution in [0.3, 0.4) is 0 Å². The van der Waals surface area contributed by atoms with Gasteiger partial charge in [0.15, 0.2) is 0 Å². The Hall–Kier alpha value is -2.28. The van der Waals surface area contributed by atoms with Gasteiger partial charge in [-0.1, -0.05) is 11.6 Å². The lowest BCUT2D eigenvalue weighted by Gasteiger charge is -2.21. The number of likely N-dealkylation sites (tertiary alicyclic amines) is 2. The van der Waals surface area contributed by atoms with Crippen molar-refractivity contribution in [3.63, 3.8) is 0 Å². The van der Waals surface area contributed by atoms with Crippen LogP contribution in [-0.4, -0.2) is 62.3 Å². The minimum atomic E-state index is -0.0176. The lowest BCUT2D eigenvalue weighted by atomic mass is 10.0. The summed E-state index contributed by atoms with van der Waals surface area (Å²) in [4.78, 5) is 36.7. The molecule has 27 heavy (non-hydrogen) atoms. The number of aromatic amines is 1. The molecule has 0 radical (unpaired) electrons. The van der Waals surface area contributed by atoms with Crippen molar-refractivity contribution in [2.75, 3.05) is 26.2 Å². The number of nitrogens with one attached hydrogen (secondary N) is 1. The number of hydrogen-bond acceptors (Lipinski definition) is 3. The number of nitrogens with zero attached hydrogens (tertiary/aromatic N) is 4. The first kappa shape index (κ1) is 16.9. The Balaban J connectivity index is 1.24. The smallest absolute Gasteiger partial charge is 0.274 e. The van der Waals surface area contributed by atoms with E-state index in [4.69, 9.17) is 11.6 Å². The van der Waals surface area contributed by atoms with Crippen LogP contribution in [0.2, 0.25) is 5.02 Å². The topological polar surface area (TPSA) is 74.2 Å². The Bertz CT molecular complexity index is 866. The van der Waals surface area contributed by atoms with Crippen LogP contribution < -0.4 is 0 Å². The first-order valence-corrected chi connectivity index (χ1v) is 9.95. The van der Waals surface area contributed by atoms with Gasteiger partial charge >= 0.3 is 0 Å². The Kier molecular flexibility index (Phi) is 4.00. The third-order valence-corrected chi connectivity index (χ3v) is 6.28. The fraction of sp³-hybridized carbons (Fsp3) is 0.526. The van der Waals surface area contributed by atoms with Crippen LogP contribution in [0.15, 0.2) is 18.5 Å². The van der Waals surface area contributed by atoms with Gasteiger partial charge < -0.3 is 19.4 Å². The molecule has 8 heteroatoms. The van der Waals surface area contributed by atoms with E-state index in [0.717, 1.165) is 31.6 Å². The summed E-state index contributed by atoms with van der Waals surface area (Å²) in [5.74, 6) is 1.71. The van der Waals surface area contributed by atoms with Gasteiger partial charge in [-0.15, -0.1) is 0 Å². The maximum Gasteiger partial charge on any atom is 0.274 e. The van der Waals surface area contributed by atoms with E-state index >= 15 is 0 Å². The molecule has 2 fully saturated rings. The molecular weight excluding hydrogens is 366 g/mol. The number of halogens is 1. The van der Waals surface area contributed by atoms with Crippen LogP contribution in [0.1, 0.15) is 39.6 Å². The number of H-pyrrole nitrogens is 1. The van der Waals surface area contributed by atoms with E-state index in [1.807, 2.05) is 16.0 Å². The predicted octanol–water partition coefficient (Wildman–Crippen LogP) is 2.05. The molecule has 1 N–H and O–H groups in total. The number of carbonyl (C=O) groups excluding carboxylic acids is 2. The van der Waals surface area contributed by atoms with Gasteiger partial charge in [0.25, 0.3) is 11.8 Å². The molecule has 7 nitrogen and oxygen atoms in total. The average Bonchev–Trinajstić information content (AvgIpc) is 3.41. The van der Waals surface area contributed by atoms with Crippen molar-refractivity contribution >= 4 is 23.4 Å². The Morgan fingerprint density at radius 2 is 1.78 bits per heavy atom. The number of carbonyl (C=O) groups is 2. The van der Waals surface area contributed by atoms with Gasteiger partial charge in [-0.3, -0.25) is 9.59 Å². The highest BCUT2D eigenvalue weighted by Crippen LogP contribution is 2.33. The van der Waals surface area contributed by atoms with E-state index in [-0.39, 0.29) is 11.8 Å². The van der Waals surface area contributed by atoms with Gasteiger partial charge in [0.1, 0.15) is 17.2 Å². The summed E-state index contributed by atoms with van der Waals surface area (Å²) in [6.45, 7) is 3.72. The lowest BCUT2D eigenvalue weighted by molar-refractivity contribution is 0.0733. The number of amides is 2. The van der Waals surface area contributed by atoms with Crippen molar-refractivity contribution in [2.45, 2.75) is 25.8 Å². The molecule has 0 spiro atoms. The number of rotatable bonds is 2. The number of fused-ring (bicyclic) bond motifs is 2. The first-order valence-electron chi connectivity index (χ1n) is 9.57. The van der Waals surface area contributed by atoms with Gasteiger partial charge in [-0.05, 0) is 18.9 Å². The summed E-state index contributed by atoms with van der Waals surface area (Å²) >= 11 is 5.90. The third kappa shape index (κ3) is 2.94. The zero-order valence-electron chi connectivity index (χ0n) is 15.0. The minimum absolute atomic E-state index is 0.0176. The molecule has 5 rings (SSSR count). The molecule has 0 bridgehead atoms. The highest BCUT2D eigenvalue weighted by atomic mass is 35.5. The summed E-state index contributed by atoms with van der Waals surface area (Å²) in [5, 5.41) is 0.539. The molecule has 3 aliphatic rings. The van der Waals surface area contributed by atoms with E-state index in [2.05, 4.69) is 14.5 Å². The zero-order chi connectivity index (χ0) is 18.5. The molecule has 2 saturated heterocycles. The Labute approximate surface area is 162 Å². The van der Waals surface area contributed by atoms with Gasteiger partial charge in [0, 0.05) is 63.4 Å². The normalized spacial score (nSPS) is 24.2. The lowest BCUT2D eigenvalue weighted by Crippen LogP contribution is -2.35. The fourth-order valence-corrected chi connectivity index (χ4v) is 4.83. The summed E-state index contributed by atoms with van der Waals surface area (Å²) in [5.41, 5.74) is 1.09. The summed E-state index contributed by atoms with van der Waals surface area (Å²) in [7, 11) is 0. The minimum Gasteiger partial charge on any atom is -0.356 e. The van der Waals surface area contributed by atoms with E-state index < -0.39 is 0 Å². The number of imidazole rings is 1. The second-order valence-corrected chi connectivity index (χ2v) is 8.30. The van der Waals surface area contributed by atoms with Crippen molar-refractivity contribution < 1.29 is 9.59 Å². The Morgan fingerprint density at radius 3 is 2.41 bits per heavy atom. The van der Waals surface area contributed by atoms with Crippen LogP contribution >= 0.6 is 11.6 Å². The largest absolute Gasteiger partial charge is 0.356 e. The Morgan fingerprint density at radius 1 is 1.07 bits per heavy atom. The van der Waals surface area contributed by atoms with Crippen LogP contribution in [0.25, 0.3) is 0 Å². The van der Waals surface area contributed by atoms with Gasteiger partial charge in [-0.2, -0.15) is 0 Å². The van der Waals surface area contributed by atoms with Crippen LogP contribution in [0, 0.1) is 11.8 Å². The van der Waals surface area contributed by atoms with Gasteiger partial charge in [0.2, 0.25) is 0 Å². The van der Waals surface area contributed by atoms with E-state index in [9.17, 15) is 9.59 Å². The summed E-state index contributed by atoms with van der Waals surface area (Å²) in [6.07, 6.45) is 6.79. The van der Waals surface area contributed by atoms with E-state index in [1.54, 1.807) is 12.3 Å². The molecule has 5 heterocycles. The number of aryl methyl sites for hydroxylation is 2. The maximum atomic E-state index is 12.9. The predicted molar refractivity (Wildman–Crippen MR) is 99.8 cm³/mol. The van der Waals surface area contributed by atoms with Crippen LogP contribution in [0.4, 0.5) is 0 Å². The highest BCUT2D eigenvalue weighted by molar-refractivity contribution is 6.30. The number of hydrogen-bond donors (Lipinski definition) is 1. The van der Waals surface area contributed by atoms with E-state index in [1.165, 1.54) is 0 Å². The standard InChI is InChI=1S/C19H22ClN5O2/c20-14-5-15(21-6-14)18(26)24-7-12-9-25(10-13(12)8-24)19(27)16-11-23-4-2-1-3-17(23)22-16/h5-6,11-13,21H,1-4,7-10H2/t12-,13+. The van der Waals surface area contributed by atoms with Crippen LogP contribution in [-0.2, 0) is 13.0 Å². The molecule has 2 aromatic heterocycles. The summed E-state index contributed by atoms with van der Waals surface area (Å²) < 4.78 is 2.12. The van der Waals surface area contributed by atoms with Crippen LogP contribution in [0.5, 0.6) is 0 Å². The molecule has 142 valence electrons. The molecule has 0 aliphatic carbocycles. The second kappa shape index (κ2) is 6.41. The van der Waals surface area contributed by atoms with Crippen molar-refractivity contribution in [3.05, 3.63) is 40.7 Å². The van der Waals surface area contributed by atoms with Crippen molar-refractivity contribution in [1.29, 1.82) is 0 Å². The SMILES string of the molecule is O=C(c1cn2c(n1)CCCC2)N1C[C@@H]2CN(C(=O)c3cc(Cl)c[nH]3)C[C@@H]2C1. The van der Waals surface area contributed by atoms with Gasteiger partial charge in [0.05, 0.1) is 5.02 Å². The summed E-state index contributed by atoms with van der Waals surface area (Å²) in [6, 6.07) is 1.66. The van der Waals surface area contributed by atoms with Gasteiger partial charge in [-0.25, -0.2) is 4.98 Å². The molecule has 0 saturated carbocycles. The fourth-order valence-electron chi connectivity index (χ4n) is 4.66. The molecule has 2 aromatic rings. The first-order chi connectivity index (χ1) is 13.1. The molecule has 0 aromatic carbocycles. The monoisotopic (exact) mass is 387 g/mol. The quantitative estimate of drug-likeness (QED) is 0.856. The second-order valence-electron chi connectivity index (χ2n) is 7.86. The van der Waals surface area contributed by atoms with Crippen molar-refractivity contribution in [3.8, 4) is 0 Å².